The van der Waals surface area contributed by atoms with E-state index in [0.717, 1.165) is 17.1 Å². The lowest BCUT2D eigenvalue weighted by molar-refractivity contribution is 0.777. The zero-order chi connectivity index (χ0) is 37.8. The van der Waals surface area contributed by atoms with E-state index < -0.39 is 5.41 Å². The largest absolute Gasteiger partial charge is 0.310 e. The standard InChI is InChI=1S/C55H37NS/c1-5-18-38(19-6-1)40-34-41(39-20-7-2-8-21-39)36-45(35-40)56(43-24-11-4-12-25-43)44-32-33-48-53(37-44)57-52-31-17-30-51(54(48)52)55(42-22-9-3-10-23-42)49-28-15-13-26-46(49)47-27-14-16-29-50(47)55/h1-37H. The van der Waals surface area contributed by atoms with Gasteiger partial charge < -0.3 is 4.90 Å². The van der Waals surface area contributed by atoms with Crippen molar-refractivity contribution in [3.8, 4) is 33.4 Å². The van der Waals surface area contributed by atoms with Gasteiger partial charge in [0.2, 0.25) is 0 Å². The zero-order valence-corrected chi connectivity index (χ0v) is 32.0. The number of benzene rings is 9. The van der Waals surface area contributed by atoms with Crippen molar-refractivity contribution in [2.24, 2.45) is 0 Å². The fourth-order valence-electron chi connectivity index (χ4n) is 9.31. The minimum Gasteiger partial charge on any atom is -0.310 e. The Morgan fingerprint density at radius 3 is 1.47 bits per heavy atom. The molecule has 2 heteroatoms. The molecule has 1 aliphatic carbocycles. The molecule has 0 fully saturated rings. The first-order chi connectivity index (χ1) is 28.3. The average molecular weight is 744 g/mol. The lowest BCUT2D eigenvalue weighted by Gasteiger charge is -2.34. The van der Waals surface area contributed by atoms with Gasteiger partial charge in [-0.05, 0) is 104 Å². The fourth-order valence-corrected chi connectivity index (χ4v) is 10.5. The SMILES string of the molecule is c1ccc(-c2cc(-c3ccccc3)cc(N(c3ccccc3)c3ccc4c(c3)sc3cccc(C5(c6ccccc6)c6ccccc6-c6ccccc65)c34)c2)cc1. The second kappa shape index (κ2) is 13.6. The van der Waals surface area contributed by atoms with E-state index >= 15 is 0 Å². The molecule has 1 aromatic heterocycles. The van der Waals surface area contributed by atoms with Crippen LogP contribution in [0.15, 0.2) is 224 Å². The van der Waals surface area contributed by atoms with Gasteiger partial charge in [-0.3, -0.25) is 0 Å². The second-order valence-corrected chi connectivity index (χ2v) is 15.9. The first-order valence-corrected chi connectivity index (χ1v) is 20.4. The van der Waals surface area contributed by atoms with Crippen molar-refractivity contribution in [2.45, 2.75) is 5.41 Å². The molecule has 0 saturated heterocycles. The summed E-state index contributed by atoms with van der Waals surface area (Å²) in [4.78, 5) is 2.42. The third-order valence-electron chi connectivity index (χ3n) is 11.7. The maximum Gasteiger partial charge on any atom is 0.0720 e. The predicted octanol–water partition coefficient (Wildman–Crippen LogP) is 15.2. The highest BCUT2D eigenvalue weighted by atomic mass is 32.1. The van der Waals surface area contributed by atoms with Crippen LogP contribution in [0, 0.1) is 0 Å². The summed E-state index contributed by atoms with van der Waals surface area (Å²) in [6.45, 7) is 0. The number of rotatable bonds is 7. The van der Waals surface area contributed by atoms with Gasteiger partial charge in [-0.15, -0.1) is 11.3 Å². The summed E-state index contributed by atoms with van der Waals surface area (Å²) < 4.78 is 2.56. The van der Waals surface area contributed by atoms with Crippen LogP contribution in [0.25, 0.3) is 53.6 Å². The molecule has 0 aliphatic heterocycles. The van der Waals surface area contributed by atoms with Crippen molar-refractivity contribution in [3.05, 3.63) is 247 Å². The molecule has 0 radical (unpaired) electrons. The van der Waals surface area contributed by atoms with Crippen LogP contribution in [-0.2, 0) is 5.41 Å². The molecular weight excluding hydrogens is 707 g/mol. The maximum atomic E-state index is 2.42. The predicted molar refractivity (Wildman–Crippen MR) is 242 cm³/mol. The Hall–Kier alpha value is -7.00. The Kier molecular flexibility index (Phi) is 7.98. The molecule has 0 saturated carbocycles. The Balaban J connectivity index is 1.15. The van der Waals surface area contributed by atoms with Gasteiger partial charge in [0.15, 0.2) is 0 Å². The Morgan fingerprint density at radius 2 is 0.860 bits per heavy atom. The van der Waals surface area contributed by atoms with Crippen LogP contribution in [0.2, 0.25) is 0 Å². The molecule has 1 aliphatic rings. The van der Waals surface area contributed by atoms with Crippen LogP contribution < -0.4 is 4.90 Å². The topological polar surface area (TPSA) is 3.24 Å². The van der Waals surface area contributed by atoms with Crippen molar-refractivity contribution < 1.29 is 0 Å². The van der Waals surface area contributed by atoms with E-state index in [2.05, 4.69) is 229 Å². The van der Waals surface area contributed by atoms with E-state index in [1.165, 1.54) is 75.8 Å². The molecule has 0 N–H and O–H groups in total. The Bertz CT molecular complexity index is 2950. The third-order valence-corrected chi connectivity index (χ3v) is 12.8. The zero-order valence-electron chi connectivity index (χ0n) is 31.2. The molecule has 11 rings (SSSR count). The van der Waals surface area contributed by atoms with Crippen LogP contribution in [0.3, 0.4) is 0 Å². The summed E-state index contributed by atoms with van der Waals surface area (Å²) in [5.41, 5.74) is 15.5. The van der Waals surface area contributed by atoms with Crippen LogP contribution in [0.1, 0.15) is 22.3 Å². The van der Waals surface area contributed by atoms with Crippen molar-refractivity contribution in [2.75, 3.05) is 4.90 Å². The maximum absolute atomic E-state index is 2.42. The number of para-hydroxylation sites is 1. The van der Waals surface area contributed by atoms with Crippen LogP contribution >= 0.6 is 11.3 Å². The molecule has 1 heterocycles. The smallest absolute Gasteiger partial charge is 0.0720 e. The van der Waals surface area contributed by atoms with Crippen LogP contribution in [0.4, 0.5) is 17.1 Å². The van der Waals surface area contributed by atoms with E-state index in [1.807, 2.05) is 11.3 Å². The molecule has 0 spiro atoms. The van der Waals surface area contributed by atoms with Crippen molar-refractivity contribution in [1.82, 2.24) is 0 Å². The van der Waals surface area contributed by atoms with Gasteiger partial charge >= 0.3 is 0 Å². The normalized spacial score (nSPS) is 12.7. The first-order valence-electron chi connectivity index (χ1n) is 19.6. The molecule has 9 aromatic carbocycles. The number of fused-ring (bicyclic) bond motifs is 6. The highest BCUT2D eigenvalue weighted by Gasteiger charge is 2.47. The van der Waals surface area contributed by atoms with Crippen LogP contribution in [0.5, 0.6) is 0 Å². The van der Waals surface area contributed by atoms with Gasteiger partial charge in [0.25, 0.3) is 0 Å². The molecule has 0 atom stereocenters. The molecule has 1 nitrogen and oxygen atoms in total. The molecule has 268 valence electrons. The van der Waals surface area contributed by atoms with E-state index in [-0.39, 0.29) is 0 Å². The molecule has 10 aromatic rings. The number of hydrogen-bond acceptors (Lipinski definition) is 2. The molecular formula is C55H37NS. The highest BCUT2D eigenvalue weighted by Crippen LogP contribution is 2.58. The lowest BCUT2D eigenvalue weighted by atomic mass is 9.66. The first kappa shape index (κ1) is 33.3. The van der Waals surface area contributed by atoms with Crippen molar-refractivity contribution in [3.63, 3.8) is 0 Å². The van der Waals surface area contributed by atoms with Crippen LogP contribution in [-0.4, -0.2) is 0 Å². The van der Waals surface area contributed by atoms with Gasteiger partial charge in [-0.25, -0.2) is 0 Å². The average Bonchev–Trinajstić information content (AvgIpc) is 3.81. The van der Waals surface area contributed by atoms with E-state index in [9.17, 15) is 0 Å². The fraction of sp³-hybridized carbons (Fsp3) is 0.0182. The van der Waals surface area contributed by atoms with Gasteiger partial charge in [0.1, 0.15) is 0 Å². The monoisotopic (exact) mass is 743 g/mol. The Morgan fingerprint density at radius 1 is 0.333 bits per heavy atom. The molecule has 57 heavy (non-hydrogen) atoms. The lowest BCUT2D eigenvalue weighted by Crippen LogP contribution is -2.28. The summed E-state index contributed by atoms with van der Waals surface area (Å²) in [7, 11) is 0. The number of nitrogens with zero attached hydrogens (tertiary/aromatic N) is 1. The number of thiophene rings is 1. The molecule has 0 amide bonds. The Labute approximate surface area is 337 Å². The van der Waals surface area contributed by atoms with Gasteiger partial charge in [0.05, 0.1) is 5.41 Å². The summed E-state index contributed by atoms with van der Waals surface area (Å²) >= 11 is 1.89. The van der Waals surface area contributed by atoms with Gasteiger partial charge in [-0.1, -0.05) is 176 Å². The van der Waals surface area contributed by atoms with E-state index in [0.29, 0.717) is 0 Å². The minimum absolute atomic E-state index is 0.470. The third kappa shape index (κ3) is 5.37. The van der Waals surface area contributed by atoms with Crippen molar-refractivity contribution in [1.29, 1.82) is 0 Å². The van der Waals surface area contributed by atoms with E-state index in [1.54, 1.807) is 0 Å². The summed E-state index contributed by atoms with van der Waals surface area (Å²) in [5, 5.41) is 2.60. The summed E-state index contributed by atoms with van der Waals surface area (Å²) in [6.07, 6.45) is 0. The highest BCUT2D eigenvalue weighted by molar-refractivity contribution is 7.25. The quantitative estimate of drug-likeness (QED) is 0.157. The molecule has 0 bridgehead atoms. The van der Waals surface area contributed by atoms with Gasteiger partial charge in [0, 0.05) is 37.2 Å². The minimum atomic E-state index is -0.470. The van der Waals surface area contributed by atoms with Crippen molar-refractivity contribution >= 4 is 48.6 Å². The number of hydrogen-bond donors (Lipinski definition) is 0. The summed E-state index contributed by atoms with van der Waals surface area (Å²) in [6, 6.07) is 82.4. The second-order valence-electron chi connectivity index (χ2n) is 14.8. The summed E-state index contributed by atoms with van der Waals surface area (Å²) in [5.74, 6) is 0. The van der Waals surface area contributed by atoms with E-state index in [4.69, 9.17) is 0 Å². The molecule has 0 unspecified atom stereocenters. The van der Waals surface area contributed by atoms with Gasteiger partial charge in [-0.2, -0.15) is 0 Å². The number of anilines is 3.